The third-order valence-electron chi connectivity index (χ3n) is 3.31. The van der Waals surface area contributed by atoms with Gasteiger partial charge in [-0.05, 0) is 43.7 Å². The fraction of sp³-hybridized carbons (Fsp3) is 0.375. The van der Waals surface area contributed by atoms with Crippen LogP contribution in [0.2, 0.25) is 5.02 Å². The number of hydrogen-bond donors (Lipinski definition) is 1. The first kappa shape index (κ1) is 14.6. The second-order valence-electron chi connectivity index (χ2n) is 4.70. The minimum absolute atomic E-state index is 0.432. The van der Waals surface area contributed by atoms with Crippen molar-refractivity contribution in [1.82, 2.24) is 5.32 Å². The molecule has 1 nitrogen and oxygen atoms in total. The monoisotopic (exact) mass is 293 g/mol. The van der Waals surface area contributed by atoms with Crippen molar-refractivity contribution in [2.24, 2.45) is 0 Å². The highest BCUT2D eigenvalue weighted by atomic mass is 35.5. The summed E-state index contributed by atoms with van der Waals surface area (Å²) < 4.78 is 0. The van der Waals surface area contributed by atoms with Gasteiger partial charge in [0.25, 0.3) is 0 Å². The normalized spacial score (nSPS) is 12.6. The van der Waals surface area contributed by atoms with Gasteiger partial charge in [0.15, 0.2) is 0 Å². The summed E-state index contributed by atoms with van der Waals surface area (Å²) in [4.78, 5) is 2.90. The van der Waals surface area contributed by atoms with E-state index < -0.39 is 0 Å². The van der Waals surface area contributed by atoms with Crippen molar-refractivity contribution in [1.29, 1.82) is 0 Å². The van der Waals surface area contributed by atoms with E-state index in [-0.39, 0.29) is 0 Å². The van der Waals surface area contributed by atoms with Crippen LogP contribution in [0, 0.1) is 0 Å². The van der Waals surface area contributed by atoms with Gasteiger partial charge in [0, 0.05) is 27.2 Å². The van der Waals surface area contributed by atoms with E-state index in [1.54, 1.807) is 0 Å². The maximum absolute atomic E-state index is 6.33. The number of aryl methyl sites for hydroxylation is 1. The van der Waals surface area contributed by atoms with Crippen LogP contribution in [0.1, 0.15) is 28.2 Å². The molecule has 19 heavy (non-hydrogen) atoms. The minimum atomic E-state index is 0.432. The van der Waals surface area contributed by atoms with Gasteiger partial charge in [0.2, 0.25) is 0 Å². The molecule has 1 unspecified atom stereocenters. The van der Waals surface area contributed by atoms with Crippen molar-refractivity contribution in [3.05, 3.63) is 56.7 Å². The molecule has 2 aromatic rings. The highest BCUT2D eigenvalue weighted by Gasteiger charge is 2.15. The van der Waals surface area contributed by atoms with Crippen LogP contribution >= 0.6 is 22.9 Å². The zero-order valence-corrected chi connectivity index (χ0v) is 13.0. The van der Waals surface area contributed by atoms with E-state index in [1.165, 1.54) is 15.3 Å². The highest BCUT2D eigenvalue weighted by molar-refractivity contribution is 7.11. The molecule has 0 aliphatic rings. The van der Waals surface area contributed by atoms with Crippen LogP contribution in [0.3, 0.4) is 0 Å². The number of thiophene rings is 1. The summed E-state index contributed by atoms with van der Waals surface area (Å²) in [7, 11) is 2.00. The van der Waals surface area contributed by atoms with Crippen molar-refractivity contribution in [2.45, 2.75) is 25.7 Å². The molecule has 0 radical (unpaired) electrons. The van der Waals surface area contributed by atoms with Crippen molar-refractivity contribution < 1.29 is 0 Å². The molecule has 0 saturated heterocycles. The first-order valence-electron chi connectivity index (χ1n) is 6.71. The van der Waals surface area contributed by atoms with Gasteiger partial charge < -0.3 is 5.32 Å². The third kappa shape index (κ3) is 3.82. The second kappa shape index (κ2) is 7.09. The molecular weight excluding hydrogens is 274 g/mol. The lowest BCUT2D eigenvalue weighted by molar-refractivity contribution is 0.630. The van der Waals surface area contributed by atoms with E-state index in [0.717, 1.165) is 24.4 Å². The van der Waals surface area contributed by atoms with Crippen LogP contribution < -0.4 is 5.32 Å². The average Bonchev–Trinajstić information content (AvgIpc) is 2.87. The molecule has 1 N–H and O–H groups in total. The largest absolute Gasteiger partial charge is 0.319 e. The number of likely N-dealkylation sites (N-methyl/N-ethyl adjacent to an activating group) is 1. The van der Waals surface area contributed by atoms with Crippen molar-refractivity contribution in [3.63, 3.8) is 0 Å². The molecule has 0 spiro atoms. The maximum Gasteiger partial charge on any atom is 0.0441 e. The van der Waals surface area contributed by atoms with Gasteiger partial charge in [-0.3, -0.25) is 0 Å². The van der Waals surface area contributed by atoms with E-state index in [0.29, 0.717) is 5.92 Å². The molecule has 0 bridgehead atoms. The van der Waals surface area contributed by atoms with Crippen LogP contribution in [-0.2, 0) is 12.8 Å². The van der Waals surface area contributed by atoms with Gasteiger partial charge in [-0.1, -0.05) is 36.7 Å². The molecular formula is C16H20ClNS. The average molecular weight is 294 g/mol. The van der Waals surface area contributed by atoms with Crippen molar-refractivity contribution in [2.75, 3.05) is 13.6 Å². The Labute approximate surface area is 124 Å². The molecule has 1 heterocycles. The zero-order chi connectivity index (χ0) is 13.7. The summed E-state index contributed by atoms with van der Waals surface area (Å²) >= 11 is 8.25. The number of rotatable bonds is 6. The van der Waals surface area contributed by atoms with Crippen LogP contribution in [0.4, 0.5) is 0 Å². The van der Waals surface area contributed by atoms with E-state index in [9.17, 15) is 0 Å². The molecule has 1 aromatic heterocycles. The lowest BCUT2D eigenvalue weighted by atomic mass is 9.95. The standard InChI is InChI=1S/C16H20ClNS/c1-3-13-8-9-14(19-13)10-12(11-18-2)15-6-4-5-7-16(15)17/h4-9,12,18H,3,10-11H2,1-2H3. The Bertz CT molecular complexity index is 521. The van der Waals surface area contributed by atoms with E-state index in [4.69, 9.17) is 11.6 Å². The van der Waals surface area contributed by atoms with Crippen LogP contribution in [0.25, 0.3) is 0 Å². The van der Waals surface area contributed by atoms with Crippen molar-refractivity contribution >= 4 is 22.9 Å². The quantitative estimate of drug-likeness (QED) is 0.826. The predicted octanol–water partition coefficient (Wildman–Crippen LogP) is 4.51. The number of hydrogen-bond acceptors (Lipinski definition) is 2. The van der Waals surface area contributed by atoms with Gasteiger partial charge in [0.1, 0.15) is 0 Å². The fourth-order valence-electron chi connectivity index (χ4n) is 2.31. The van der Waals surface area contributed by atoms with Gasteiger partial charge in [-0.2, -0.15) is 0 Å². The zero-order valence-electron chi connectivity index (χ0n) is 11.4. The van der Waals surface area contributed by atoms with Crippen LogP contribution in [-0.4, -0.2) is 13.6 Å². The first-order valence-corrected chi connectivity index (χ1v) is 7.90. The first-order chi connectivity index (χ1) is 9.24. The highest BCUT2D eigenvalue weighted by Crippen LogP contribution is 2.29. The summed E-state index contributed by atoms with van der Waals surface area (Å²) in [5.41, 5.74) is 1.24. The lowest BCUT2D eigenvalue weighted by Gasteiger charge is -2.17. The Balaban J connectivity index is 2.18. The lowest BCUT2D eigenvalue weighted by Crippen LogP contribution is -2.19. The molecule has 0 saturated carbocycles. The number of nitrogens with one attached hydrogen (secondary N) is 1. The summed E-state index contributed by atoms with van der Waals surface area (Å²) in [6.45, 7) is 3.15. The third-order valence-corrected chi connectivity index (χ3v) is 4.91. The molecule has 1 aromatic carbocycles. The Morgan fingerprint density at radius 3 is 2.53 bits per heavy atom. The number of halogens is 1. The topological polar surface area (TPSA) is 12.0 Å². The Morgan fingerprint density at radius 1 is 1.16 bits per heavy atom. The van der Waals surface area contributed by atoms with Crippen molar-refractivity contribution in [3.8, 4) is 0 Å². The maximum atomic E-state index is 6.33. The molecule has 0 amide bonds. The summed E-state index contributed by atoms with van der Waals surface area (Å²) in [5.74, 6) is 0.432. The summed E-state index contributed by atoms with van der Waals surface area (Å²) in [5, 5.41) is 4.15. The Hall–Kier alpha value is -0.830. The minimum Gasteiger partial charge on any atom is -0.319 e. The van der Waals surface area contributed by atoms with E-state index >= 15 is 0 Å². The number of benzene rings is 1. The van der Waals surface area contributed by atoms with Gasteiger partial charge >= 0.3 is 0 Å². The van der Waals surface area contributed by atoms with Gasteiger partial charge in [0.05, 0.1) is 0 Å². The molecule has 3 heteroatoms. The molecule has 2 rings (SSSR count). The fourth-order valence-corrected chi connectivity index (χ4v) is 3.64. The van der Waals surface area contributed by atoms with Gasteiger partial charge in [-0.15, -0.1) is 11.3 Å². The van der Waals surface area contributed by atoms with Crippen LogP contribution in [0.5, 0.6) is 0 Å². The van der Waals surface area contributed by atoms with Gasteiger partial charge in [-0.25, -0.2) is 0 Å². The van der Waals surface area contributed by atoms with E-state index in [2.05, 4.69) is 36.5 Å². The summed E-state index contributed by atoms with van der Waals surface area (Å²) in [6, 6.07) is 12.7. The smallest absolute Gasteiger partial charge is 0.0441 e. The molecule has 0 aliphatic heterocycles. The van der Waals surface area contributed by atoms with Crippen LogP contribution in [0.15, 0.2) is 36.4 Å². The van der Waals surface area contributed by atoms with E-state index in [1.807, 2.05) is 30.5 Å². The Kier molecular flexibility index (Phi) is 5.44. The SMILES string of the molecule is CCc1ccc(CC(CNC)c2ccccc2Cl)s1. The predicted molar refractivity (Wildman–Crippen MR) is 85.5 cm³/mol. The summed E-state index contributed by atoms with van der Waals surface area (Å²) in [6.07, 6.45) is 2.17. The second-order valence-corrected chi connectivity index (χ2v) is 6.36. The Morgan fingerprint density at radius 2 is 1.89 bits per heavy atom. The molecule has 0 fully saturated rings. The molecule has 102 valence electrons. The molecule has 1 atom stereocenters. The molecule has 0 aliphatic carbocycles.